The summed E-state index contributed by atoms with van der Waals surface area (Å²) in [6.45, 7) is 1.83. The van der Waals surface area contributed by atoms with Crippen LogP contribution in [0.25, 0.3) is 0 Å². The summed E-state index contributed by atoms with van der Waals surface area (Å²) < 4.78 is 38.5. The molecule has 0 radical (unpaired) electrons. The first-order valence-corrected chi connectivity index (χ1v) is 11.9. The maximum atomic E-state index is 13.5. The minimum Gasteiger partial charge on any atom is -0.497 e. The van der Waals surface area contributed by atoms with Crippen molar-refractivity contribution in [2.45, 2.75) is 24.9 Å². The van der Waals surface area contributed by atoms with Crippen LogP contribution in [-0.2, 0) is 27.9 Å². The van der Waals surface area contributed by atoms with Gasteiger partial charge in [0.1, 0.15) is 11.5 Å². The Balaban J connectivity index is 1.79. The van der Waals surface area contributed by atoms with Crippen LogP contribution in [0.5, 0.6) is 11.5 Å². The number of ether oxygens (including phenoxy) is 2. The quantitative estimate of drug-likeness (QED) is 0.492. The van der Waals surface area contributed by atoms with Crippen LogP contribution in [0.1, 0.15) is 16.7 Å². The number of sulfonamides is 1. The number of amides is 1. The largest absolute Gasteiger partial charge is 0.497 e. The van der Waals surface area contributed by atoms with Crippen molar-refractivity contribution in [1.82, 2.24) is 9.62 Å². The van der Waals surface area contributed by atoms with Crippen LogP contribution in [0.4, 0.5) is 0 Å². The molecule has 0 heterocycles. The van der Waals surface area contributed by atoms with E-state index in [0.29, 0.717) is 11.3 Å². The molecule has 1 amide bonds. The molecule has 0 aliphatic rings. The van der Waals surface area contributed by atoms with Crippen molar-refractivity contribution in [2.24, 2.45) is 0 Å². The normalized spacial score (nSPS) is 11.3. The van der Waals surface area contributed by atoms with Crippen LogP contribution in [0.15, 0.2) is 77.7 Å². The van der Waals surface area contributed by atoms with E-state index in [1.165, 1.54) is 17.5 Å². The van der Waals surface area contributed by atoms with Gasteiger partial charge in [-0.15, -0.1) is 0 Å². The molecule has 0 bridgehead atoms. The van der Waals surface area contributed by atoms with Gasteiger partial charge in [0.05, 0.1) is 25.7 Å². The predicted molar refractivity (Wildman–Crippen MR) is 127 cm³/mol. The van der Waals surface area contributed by atoms with Crippen molar-refractivity contribution in [3.63, 3.8) is 0 Å². The highest BCUT2D eigenvalue weighted by atomic mass is 32.2. The average molecular weight is 469 g/mol. The maximum absolute atomic E-state index is 13.5. The number of nitrogens with zero attached hydrogens (tertiary/aromatic N) is 1. The van der Waals surface area contributed by atoms with Crippen molar-refractivity contribution in [2.75, 3.05) is 20.8 Å². The molecule has 0 saturated carbocycles. The number of benzene rings is 3. The van der Waals surface area contributed by atoms with Crippen molar-refractivity contribution < 1.29 is 22.7 Å². The molecule has 0 unspecified atom stereocenters. The molecule has 3 aromatic rings. The Hall–Kier alpha value is -3.36. The van der Waals surface area contributed by atoms with E-state index in [4.69, 9.17) is 9.47 Å². The molecule has 8 heteroatoms. The lowest BCUT2D eigenvalue weighted by Crippen LogP contribution is -2.40. The highest BCUT2D eigenvalue weighted by Gasteiger charge is 2.27. The highest BCUT2D eigenvalue weighted by Crippen LogP contribution is 2.25. The van der Waals surface area contributed by atoms with E-state index in [2.05, 4.69) is 5.32 Å². The molecule has 0 aromatic heterocycles. The average Bonchev–Trinajstić information content (AvgIpc) is 2.83. The van der Waals surface area contributed by atoms with E-state index in [-0.39, 0.29) is 24.5 Å². The van der Waals surface area contributed by atoms with Gasteiger partial charge in [0.15, 0.2) is 0 Å². The molecule has 0 saturated heterocycles. The summed E-state index contributed by atoms with van der Waals surface area (Å²) in [7, 11) is -0.814. The van der Waals surface area contributed by atoms with Gasteiger partial charge in [0.2, 0.25) is 15.9 Å². The molecular weight excluding hydrogens is 440 g/mol. The SMILES string of the molecule is COc1ccc(CNC(=O)CN(Cc2ccccc2)S(=O)(=O)c2ccc(OC)c(C)c2)cc1. The summed E-state index contributed by atoms with van der Waals surface area (Å²) in [6, 6.07) is 21.2. The Morgan fingerprint density at radius 2 is 1.61 bits per heavy atom. The zero-order valence-corrected chi connectivity index (χ0v) is 19.8. The van der Waals surface area contributed by atoms with Gasteiger partial charge in [-0.3, -0.25) is 4.79 Å². The number of nitrogens with one attached hydrogen (secondary N) is 1. The fraction of sp³-hybridized carbons (Fsp3) is 0.240. The lowest BCUT2D eigenvalue weighted by Gasteiger charge is -2.22. The zero-order valence-electron chi connectivity index (χ0n) is 18.9. The monoisotopic (exact) mass is 468 g/mol. The van der Waals surface area contributed by atoms with Crippen molar-refractivity contribution in [3.8, 4) is 11.5 Å². The minimum atomic E-state index is -3.93. The van der Waals surface area contributed by atoms with Crippen LogP contribution in [0.2, 0.25) is 0 Å². The van der Waals surface area contributed by atoms with Crippen LogP contribution in [0, 0.1) is 6.92 Å². The van der Waals surface area contributed by atoms with E-state index in [0.717, 1.165) is 16.9 Å². The van der Waals surface area contributed by atoms with Crippen LogP contribution in [-0.4, -0.2) is 39.4 Å². The fourth-order valence-electron chi connectivity index (χ4n) is 3.33. The summed E-state index contributed by atoms with van der Waals surface area (Å²) in [5.41, 5.74) is 2.36. The molecular formula is C25H28N2O5S. The third-order valence-corrected chi connectivity index (χ3v) is 6.96. The first-order valence-electron chi connectivity index (χ1n) is 10.4. The number of methoxy groups -OCH3 is 2. The highest BCUT2D eigenvalue weighted by molar-refractivity contribution is 7.89. The Morgan fingerprint density at radius 3 is 2.21 bits per heavy atom. The Morgan fingerprint density at radius 1 is 0.909 bits per heavy atom. The topological polar surface area (TPSA) is 84.9 Å². The van der Waals surface area contributed by atoms with Crippen LogP contribution < -0.4 is 14.8 Å². The summed E-state index contributed by atoms with van der Waals surface area (Å²) in [5, 5.41) is 2.80. The lowest BCUT2D eigenvalue weighted by molar-refractivity contribution is -0.121. The van der Waals surface area contributed by atoms with E-state index in [1.807, 2.05) is 42.5 Å². The molecule has 1 N–H and O–H groups in total. The first kappa shape index (κ1) is 24.3. The van der Waals surface area contributed by atoms with E-state index >= 15 is 0 Å². The lowest BCUT2D eigenvalue weighted by atomic mass is 10.2. The van der Waals surface area contributed by atoms with E-state index in [1.54, 1.807) is 38.3 Å². The van der Waals surface area contributed by atoms with E-state index < -0.39 is 15.9 Å². The number of carbonyl (C=O) groups is 1. The standard InChI is InChI=1S/C25H28N2O5S/c1-19-15-23(13-14-24(19)32-3)33(29,30)27(17-21-7-5-4-6-8-21)18-25(28)26-16-20-9-11-22(31-2)12-10-20/h4-15H,16-18H2,1-3H3,(H,26,28). The van der Waals surface area contributed by atoms with Gasteiger partial charge in [-0.2, -0.15) is 4.31 Å². The fourth-order valence-corrected chi connectivity index (χ4v) is 4.80. The third-order valence-electron chi connectivity index (χ3n) is 5.17. The van der Waals surface area contributed by atoms with Gasteiger partial charge in [-0.05, 0) is 53.9 Å². The van der Waals surface area contributed by atoms with Crippen LogP contribution >= 0.6 is 0 Å². The molecule has 174 valence electrons. The number of hydrogen-bond donors (Lipinski definition) is 1. The van der Waals surface area contributed by atoms with E-state index in [9.17, 15) is 13.2 Å². The number of rotatable bonds is 10. The Labute approximate surface area is 195 Å². The molecule has 0 spiro atoms. The molecule has 0 fully saturated rings. The van der Waals surface area contributed by atoms with Gasteiger partial charge in [0.25, 0.3) is 0 Å². The zero-order chi connectivity index (χ0) is 23.8. The van der Waals surface area contributed by atoms with Gasteiger partial charge < -0.3 is 14.8 Å². The molecule has 0 atom stereocenters. The third kappa shape index (κ3) is 6.34. The summed E-state index contributed by atoms with van der Waals surface area (Å²) in [5.74, 6) is 0.927. The Kier molecular flexibility index (Phi) is 8.08. The van der Waals surface area contributed by atoms with Gasteiger partial charge in [0, 0.05) is 13.1 Å². The summed E-state index contributed by atoms with van der Waals surface area (Å²) in [6.07, 6.45) is 0. The van der Waals surface area contributed by atoms with Crippen LogP contribution in [0.3, 0.4) is 0 Å². The molecule has 7 nitrogen and oxygen atoms in total. The second-order valence-corrected chi connectivity index (χ2v) is 9.45. The second kappa shape index (κ2) is 11.0. The summed E-state index contributed by atoms with van der Waals surface area (Å²) in [4.78, 5) is 12.8. The van der Waals surface area contributed by atoms with Gasteiger partial charge in [-0.1, -0.05) is 42.5 Å². The molecule has 3 aromatic carbocycles. The first-order chi connectivity index (χ1) is 15.8. The molecule has 0 aliphatic carbocycles. The van der Waals surface area contributed by atoms with Crippen molar-refractivity contribution >= 4 is 15.9 Å². The molecule has 33 heavy (non-hydrogen) atoms. The van der Waals surface area contributed by atoms with Crippen molar-refractivity contribution in [3.05, 3.63) is 89.5 Å². The minimum absolute atomic E-state index is 0.0736. The maximum Gasteiger partial charge on any atom is 0.243 e. The van der Waals surface area contributed by atoms with Gasteiger partial charge >= 0.3 is 0 Å². The number of carbonyl (C=O) groups excluding carboxylic acids is 1. The second-order valence-electron chi connectivity index (χ2n) is 7.51. The smallest absolute Gasteiger partial charge is 0.243 e. The number of aryl methyl sites for hydroxylation is 1. The van der Waals surface area contributed by atoms with Gasteiger partial charge in [-0.25, -0.2) is 8.42 Å². The Bertz CT molecular complexity index is 1180. The predicted octanol–water partition coefficient (Wildman–Crippen LogP) is 3.52. The van der Waals surface area contributed by atoms with Crippen molar-refractivity contribution in [1.29, 1.82) is 0 Å². The summed E-state index contributed by atoms with van der Waals surface area (Å²) >= 11 is 0. The molecule has 3 rings (SSSR count). The molecule has 0 aliphatic heterocycles. The number of hydrogen-bond acceptors (Lipinski definition) is 5.